The highest BCUT2D eigenvalue weighted by Crippen LogP contribution is 2.64. The van der Waals surface area contributed by atoms with Gasteiger partial charge in [-0.05, 0) is 77.6 Å². The van der Waals surface area contributed by atoms with Gasteiger partial charge in [0.1, 0.15) is 17.4 Å². The first-order valence-corrected chi connectivity index (χ1v) is 13.0. The summed E-state index contributed by atoms with van der Waals surface area (Å²) >= 11 is 0. The molecule has 36 heavy (non-hydrogen) atoms. The highest BCUT2D eigenvalue weighted by Gasteiger charge is 2.78. The number of benzene rings is 1. The molecule has 2 unspecified atom stereocenters. The first kappa shape index (κ1) is 26.4. The Kier molecular flexibility index (Phi) is 7.09. The van der Waals surface area contributed by atoms with Crippen LogP contribution in [0.25, 0.3) is 0 Å². The van der Waals surface area contributed by atoms with Crippen LogP contribution in [0.15, 0.2) is 24.3 Å². The average molecular weight is 502 g/mol. The molecule has 3 amide bonds. The molecule has 9 nitrogen and oxygen atoms in total. The fourth-order valence-corrected chi connectivity index (χ4v) is 6.36. The smallest absolute Gasteiger partial charge is 0.246 e. The fourth-order valence-electron chi connectivity index (χ4n) is 6.36. The van der Waals surface area contributed by atoms with Gasteiger partial charge in [-0.15, -0.1) is 0 Å². The molecule has 3 heterocycles. The van der Waals surface area contributed by atoms with Gasteiger partial charge in [0.25, 0.3) is 0 Å². The van der Waals surface area contributed by atoms with E-state index < -0.39 is 34.6 Å². The number of nitrogens with zero attached hydrogens (tertiary/aromatic N) is 1. The van der Waals surface area contributed by atoms with Crippen molar-refractivity contribution < 1.29 is 29.0 Å². The zero-order valence-electron chi connectivity index (χ0n) is 21.9. The summed E-state index contributed by atoms with van der Waals surface area (Å²) in [6.07, 6.45) is 2.03. The number of nitrogens with one attached hydrogen (secondary N) is 2. The maximum Gasteiger partial charge on any atom is 0.246 e. The number of likely N-dealkylation sites (tertiary alicyclic amines) is 1. The number of amides is 3. The van der Waals surface area contributed by atoms with Crippen molar-refractivity contribution in [2.75, 3.05) is 25.1 Å². The van der Waals surface area contributed by atoms with Gasteiger partial charge in [-0.2, -0.15) is 0 Å². The van der Waals surface area contributed by atoms with Crippen LogP contribution in [-0.4, -0.2) is 70.3 Å². The van der Waals surface area contributed by atoms with Gasteiger partial charge in [0.2, 0.25) is 17.7 Å². The molecule has 0 aromatic heterocycles. The van der Waals surface area contributed by atoms with E-state index in [1.807, 2.05) is 34.6 Å². The van der Waals surface area contributed by atoms with Gasteiger partial charge in [0.05, 0.1) is 24.0 Å². The first-order valence-electron chi connectivity index (χ1n) is 13.0. The van der Waals surface area contributed by atoms with Crippen LogP contribution in [0.3, 0.4) is 0 Å². The van der Waals surface area contributed by atoms with Gasteiger partial charge >= 0.3 is 0 Å². The second-order valence-electron chi connectivity index (χ2n) is 11.1. The molecule has 3 N–H and O–H groups in total. The van der Waals surface area contributed by atoms with Crippen molar-refractivity contribution in [3.8, 4) is 5.75 Å². The van der Waals surface area contributed by atoms with Gasteiger partial charge < -0.3 is 30.1 Å². The third-order valence-electron chi connectivity index (χ3n) is 7.70. The molecule has 4 rings (SSSR count). The molecule has 1 spiro atoms. The molecule has 0 radical (unpaired) electrons. The van der Waals surface area contributed by atoms with E-state index >= 15 is 0 Å². The monoisotopic (exact) mass is 501 g/mol. The summed E-state index contributed by atoms with van der Waals surface area (Å²) in [6, 6.07) is 6.27. The van der Waals surface area contributed by atoms with E-state index in [2.05, 4.69) is 10.6 Å². The zero-order chi connectivity index (χ0) is 26.3. The van der Waals surface area contributed by atoms with Crippen molar-refractivity contribution in [1.82, 2.24) is 10.2 Å². The van der Waals surface area contributed by atoms with E-state index in [1.54, 1.807) is 24.3 Å². The molecule has 198 valence electrons. The lowest BCUT2D eigenvalue weighted by molar-refractivity contribution is -0.147. The van der Waals surface area contributed by atoms with E-state index in [0.29, 0.717) is 43.7 Å². The SMILES string of the molecule is CCOc1ccc(NC(=O)[C@@H]2[C@H]3C(=O)N(CCCO)C(C(=O)NC(C)(C)C)C34CC[C@@]2(CC)O4)cc1. The van der Waals surface area contributed by atoms with Crippen LogP contribution in [0.1, 0.15) is 60.3 Å². The minimum absolute atomic E-state index is 0.101. The Morgan fingerprint density at radius 2 is 1.86 bits per heavy atom. The van der Waals surface area contributed by atoms with Gasteiger partial charge in [-0.25, -0.2) is 0 Å². The summed E-state index contributed by atoms with van der Waals surface area (Å²) in [7, 11) is 0. The molecule has 0 aliphatic carbocycles. The lowest BCUT2D eigenvalue weighted by atomic mass is 9.65. The Balaban J connectivity index is 1.68. The summed E-state index contributed by atoms with van der Waals surface area (Å²) in [4.78, 5) is 42.8. The van der Waals surface area contributed by atoms with Crippen LogP contribution < -0.4 is 15.4 Å². The minimum Gasteiger partial charge on any atom is -0.494 e. The van der Waals surface area contributed by atoms with Crippen molar-refractivity contribution in [3.63, 3.8) is 0 Å². The third-order valence-corrected chi connectivity index (χ3v) is 7.70. The van der Waals surface area contributed by atoms with Crippen molar-refractivity contribution in [1.29, 1.82) is 0 Å². The molecule has 3 aliphatic heterocycles. The van der Waals surface area contributed by atoms with Crippen LogP contribution in [0, 0.1) is 11.8 Å². The summed E-state index contributed by atoms with van der Waals surface area (Å²) < 4.78 is 12.2. The first-order chi connectivity index (χ1) is 17.0. The second-order valence-corrected chi connectivity index (χ2v) is 11.1. The van der Waals surface area contributed by atoms with Crippen LogP contribution >= 0.6 is 0 Å². The molecule has 3 saturated heterocycles. The van der Waals surface area contributed by atoms with Crippen LogP contribution in [0.5, 0.6) is 5.75 Å². The van der Waals surface area contributed by atoms with Gasteiger partial charge in [0, 0.05) is 24.4 Å². The standard InChI is InChI=1S/C27H39N3O6/c1-6-26-13-14-27(36-26)20(19(26)22(32)28-17-9-11-18(12-10-17)35-7-2)24(34)30(15-8-16-31)21(27)23(33)29-25(3,4)5/h9-12,19-21,31H,6-8,13-16H2,1-5H3,(H,28,32)(H,29,33)/t19-,20-,21?,26+,27?/m0/s1. The number of carbonyl (C=O) groups is 3. The van der Waals surface area contributed by atoms with Gasteiger partial charge in [-0.3, -0.25) is 14.4 Å². The topological polar surface area (TPSA) is 117 Å². The molecular weight excluding hydrogens is 462 g/mol. The largest absolute Gasteiger partial charge is 0.494 e. The predicted molar refractivity (Wildman–Crippen MR) is 134 cm³/mol. The highest BCUT2D eigenvalue weighted by atomic mass is 16.5. The minimum atomic E-state index is -1.07. The Hall–Kier alpha value is -2.65. The molecule has 3 fully saturated rings. The number of aliphatic hydroxyl groups is 1. The Morgan fingerprint density at radius 1 is 1.17 bits per heavy atom. The van der Waals surface area contributed by atoms with Crippen molar-refractivity contribution in [3.05, 3.63) is 24.3 Å². The molecule has 1 aromatic rings. The Bertz CT molecular complexity index is 1010. The summed E-state index contributed by atoms with van der Waals surface area (Å²) in [5.41, 5.74) is -1.77. The molecule has 5 atom stereocenters. The Morgan fingerprint density at radius 3 is 2.44 bits per heavy atom. The molecule has 1 aromatic carbocycles. The number of anilines is 1. The third kappa shape index (κ3) is 4.36. The van der Waals surface area contributed by atoms with Gasteiger partial charge in [-0.1, -0.05) is 6.92 Å². The molecule has 9 heteroatoms. The number of hydrogen-bond donors (Lipinski definition) is 3. The van der Waals surface area contributed by atoms with Gasteiger partial charge in [0.15, 0.2) is 0 Å². The van der Waals surface area contributed by atoms with Crippen molar-refractivity contribution >= 4 is 23.4 Å². The zero-order valence-corrected chi connectivity index (χ0v) is 21.9. The summed E-state index contributed by atoms with van der Waals surface area (Å²) in [5, 5.41) is 15.5. The summed E-state index contributed by atoms with van der Waals surface area (Å²) in [6.45, 7) is 10.2. The summed E-state index contributed by atoms with van der Waals surface area (Å²) in [5.74, 6) is -1.58. The number of rotatable bonds is 9. The number of aliphatic hydroxyl groups excluding tert-OH is 1. The quantitative estimate of drug-likeness (QED) is 0.479. The van der Waals surface area contributed by atoms with Crippen molar-refractivity contribution in [2.45, 2.75) is 83.1 Å². The molecule has 0 saturated carbocycles. The second kappa shape index (κ2) is 9.67. The molecule has 2 bridgehead atoms. The number of hydrogen-bond acceptors (Lipinski definition) is 6. The predicted octanol–water partition coefficient (Wildman–Crippen LogP) is 2.48. The lowest BCUT2D eigenvalue weighted by Gasteiger charge is -2.35. The highest BCUT2D eigenvalue weighted by molar-refractivity contribution is 6.02. The van der Waals surface area contributed by atoms with E-state index in [0.717, 1.165) is 0 Å². The van der Waals surface area contributed by atoms with Crippen LogP contribution in [0.2, 0.25) is 0 Å². The number of carbonyl (C=O) groups excluding carboxylic acids is 3. The van der Waals surface area contributed by atoms with Crippen LogP contribution in [0.4, 0.5) is 5.69 Å². The van der Waals surface area contributed by atoms with E-state index in [1.165, 1.54) is 4.90 Å². The van der Waals surface area contributed by atoms with E-state index in [9.17, 15) is 19.5 Å². The van der Waals surface area contributed by atoms with Crippen molar-refractivity contribution in [2.24, 2.45) is 11.8 Å². The number of fused-ring (bicyclic) bond motifs is 1. The van der Waals surface area contributed by atoms with Crippen LogP contribution in [-0.2, 0) is 19.1 Å². The number of ether oxygens (including phenoxy) is 2. The normalized spacial score (nSPS) is 30.9. The maximum atomic E-state index is 13.9. The molecule has 3 aliphatic rings. The molecular formula is C27H39N3O6. The van der Waals surface area contributed by atoms with E-state index in [-0.39, 0.29) is 30.9 Å². The fraction of sp³-hybridized carbons (Fsp3) is 0.667. The maximum absolute atomic E-state index is 13.9. The Labute approximate surface area is 212 Å². The lowest BCUT2D eigenvalue weighted by Crippen LogP contribution is -2.58. The average Bonchev–Trinajstić information content (AvgIpc) is 3.41. The van der Waals surface area contributed by atoms with E-state index in [4.69, 9.17) is 9.47 Å².